The fraction of sp³-hybridized carbons (Fsp3) is 0.231. The number of hydrogen-bond donors (Lipinski definition) is 1. The first-order valence-corrected chi connectivity index (χ1v) is 5.87. The number of fused-ring (bicyclic) bond motifs is 1. The number of aliphatic hydroxyl groups is 1. The van der Waals surface area contributed by atoms with E-state index < -0.39 is 6.10 Å². The number of ether oxygens (including phenoxy) is 1. The molecule has 0 aromatic heterocycles. The van der Waals surface area contributed by atoms with Crippen LogP contribution in [0.4, 0.5) is 0 Å². The molecular weight excluding hydrogens is 268 g/mol. The Labute approximate surface area is 103 Å². The largest absolute Gasteiger partial charge is 0.496 e. The first-order valence-electron chi connectivity index (χ1n) is 5.07. The van der Waals surface area contributed by atoms with E-state index in [2.05, 4.69) is 15.9 Å². The van der Waals surface area contributed by atoms with Gasteiger partial charge in [0.25, 0.3) is 0 Å². The Kier molecular flexibility index (Phi) is 3.17. The van der Waals surface area contributed by atoms with E-state index in [1.807, 2.05) is 30.3 Å². The Balaban J connectivity index is 2.65. The SMILES string of the molecule is COc1ccc2cc([C@@H](C)O)ccc2c1Br. The van der Waals surface area contributed by atoms with Crippen molar-refractivity contribution in [1.29, 1.82) is 0 Å². The van der Waals surface area contributed by atoms with E-state index in [0.29, 0.717) is 0 Å². The molecule has 2 aromatic carbocycles. The third-order valence-corrected chi connectivity index (χ3v) is 3.46. The average molecular weight is 281 g/mol. The number of hydrogen-bond acceptors (Lipinski definition) is 2. The monoisotopic (exact) mass is 280 g/mol. The maximum atomic E-state index is 9.52. The topological polar surface area (TPSA) is 29.5 Å². The molecule has 16 heavy (non-hydrogen) atoms. The molecule has 2 nitrogen and oxygen atoms in total. The van der Waals surface area contributed by atoms with Crippen molar-refractivity contribution in [2.24, 2.45) is 0 Å². The van der Waals surface area contributed by atoms with E-state index in [-0.39, 0.29) is 0 Å². The van der Waals surface area contributed by atoms with Crippen molar-refractivity contribution in [2.45, 2.75) is 13.0 Å². The zero-order valence-electron chi connectivity index (χ0n) is 9.20. The van der Waals surface area contributed by atoms with Gasteiger partial charge in [-0.15, -0.1) is 0 Å². The van der Waals surface area contributed by atoms with Crippen LogP contribution < -0.4 is 4.74 Å². The third-order valence-electron chi connectivity index (χ3n) is 2.65. The second-order valence-electron chi connectivity index (χ2n) is 3.74. The molecule has 0 saturated heterocycles. The molecule has 0 heterocycles. The van der Waals surface area contributed by atoms with Crippen molar-refractivity contribution >= 4 is 26.7 Å². The van der Waals surface area contributed by atoms with Crippen LogP contribution >= 0.6 is 15.9 Å². The molecule has 2 rings (SSSR count). The molecule has 0 amide bonds. The van der Waals surface area contributed by atoms with Gasteiger partial charge in [0.1, 0.15) is 5.75 Å². The highest BCUT2D eigenvalue weighted by Gasteiger charge is 2.07. The average Bonchev–Trinajstić information content (AvgIpc) is 2.29. The Morgan fingerprint density at radius 2 is 2.00 bits per heavy atom. The fourth-order valence-electron chi connectivity index (χ4n) is 1.71. The van der Waals surface area contributed by atoms with E-state index in [9.17, 15) is 5.11 Å². The summed E-state index contributed by atoms with van der Waals surface area (Å²) in [5.41, 5.74) is 0.921. The minimum Gasteiger partial charge on any atom is -0.496 e. The van der Waals surface area contributed by atoms with Gasteiger partial charge in [0, 0.05) is 0 Å². The van der Waals surface area contributed by atoms with Gasteiger partial charge in [0.2, 0.25) is 0 Å². The summed E-state index contributed by atoms with van der Waals surface area (Å²) in [6.45, 7) is 1.76. The molecule has 0 aliphatic heterocycles. The second-order valence-corrected chi connectivity index (χ2v) is 4.53. The van der Waals surface area contributed by atoms with Crippen LogP contribution in [0, 0.1) is 0 Å². The number of rotatable bonds is 2. The van der Waals surface area contributed by atoms with Crippen LogP contribution in [0.5, 0.6) is 5.75 Å². The lowest BCUT2D eigenvalue weighted by atomic mass is 10.0. The van der Waals surface area contributed by atoms with Crippen LogP contribution in [0.1, 0.15) is 18.6 Å². The van der Waals surface area contributed by atoms with E-state index in [1.54, 1.807) is 14.0 Å². The number of methoxy groups -OCH3 is 1. The zero-order valence-corrected chi connectivity index (χ0v) is 10.8. The van der Waals surface area contributed by atoms with Crippen LogP contribution in [0.25, 0.3) is 10.8 Å². The van der Waals surface area contributed by atoms with E-state index in [0.717, 1.165) is 26.6 Å². The summed E-state index contributed by atoms with van der Waals surface area (Å²) < 4.78 is 6.18. The first-order chi connectivity index (χ1) is 7.63. The Hall–Kier alpha value is -1.06. The lowest BCUT2D eigenvalue weighted by molar-refractivity contribution is 0.199. The van der Waals surface area contributed by atoms with Gasteiger partial charge in [-0.05, 0) is 51.3 Å². The minimum absolute atomic E-state index is 0.440. The zero-order chi connectivity index (χ0) is 11.7. The van der Waals surface area contributed by atoms with Crippen molar-refractivity contribution in [3.63, 3.8) is 0 Å². The summed E-state index contributed by atoms with van der Waals surface area (Å²) in [7, 11) is 1.65. The summed E-state index contributed by atoms with van der Waals surface area (Å²) in [5, 5.41) is 11.7. The third kappa shape index (κ3) is 1.93. The number of benzene rings is 2. The summed E-state index contributed by atoms with van der Waals surface area (Å²) in [5.74, 6) is 0.817. The number of aliphatic hydroxyl groups excluding tert-OH is 1. The molecule has 0 unspecified atom stereocenters. The van der Waals surface area contributed by atoms with Crippen LogP contribution in [0.3, 0.4) is 0 Å². The van der Waals surface area contributed by atoms with Gasteiger partial charge in [-0.3, -0.25) is 0 Å². The quantitative estimate of drug-likeness (QED) is 0.910. The molecule has 0 bridgehead atoms. The molecule has 0 aliphatic carbocycles. The Morgan fingerprint density at radius 3 is 2.62 bits per heavy atom. The van der Waals surface area contributed by atoms with Gasteiger partial charge < -0.3 is 9.84 Å². The molecule has 2 aromatic rings. The van der Waals surface area contributed by atoms with Crippen LogP contribution in [-0.2, 0) is 0 Å². The van der Waals surface area contributed by atoms with Crippen LogP contribution in [0.15, 0.2) is 34.8 Å². The van der Waals surface area contributed by atoms with E-state index in [1.165, 1.54) is 0 Å². The maximum Gasteiger partial charge on any atom is 0.133 e. The van der Waals surface area contributed by atoms with Crippen molar-refractivity contribution in [2.75, 3.05) is 7.11 Å². The minimum atomic E-state index is -0.440. The summed E-state index contributed by atoms with van der Waals surface area (Å²) in [6.07, 6.45) is -0.440. The highest BCUT2D eigenvalue weighted by atomic mass is 79.9. The predicted octanol–water partition coefficient (Wildman–Crippen LogP) is 3.66. The fourth-order valence-corrected chi connectivity index (χ4v) is 2.36. The maximum absolute atomic E-state index is 9.52. The smallest absolute Gasteiger partial charge is 0.133 e. The standard InChI is InChI=1S/C13H13BrO2/c1-8(15)9-3-5-11-10(7-9)4-6-12(16-2)13(11)14/h3-8,15H,1-2H3/t8-/m1/s1. The summed E-state index contributed by atoms with van der Waals surface area (Å²) >= 11 is 3.52. The van der Waals surface area contributed by atoms with E-state index in [4.69, 9.17) is 4.74 Å². The highest BCUT2D eigenvalue weighted by Crippen LogP contribution is 2.33. The second kappa shape index (κ2) is 4.44. The molecule has 0 spiro atoms. The van der Waals surface area contributed by atoms with Crippen molar-refractivity contribution in [3.05, 3.63) is 40.4 Å². The lowest BCUT2D eigenvalue weighted by Crippen LogP contribution is -1.91. The molecule has 84 valence electrons. The number of halogens is 1. The molecule has 1 atom stereocenters. The van der Waals surface area contributed by atoms with Gasteiger partial charge >= 0.3 is 0 Å². The van der Waals surface area contributed by atoms with Crippen molar-refractivity contribution in [3.8, 4) is 5.75 Å². The molecular formula is C13H13BrO2. The molecule has 1 N–H and O–H groups in total. The summed E-state index contributed by atoms with van der Waals surface area (Å²) in [4.78, 5) is 0. The molecule has 3 heteroatoms. The molecule has 0 saturated carbocycles. The molecule has 0 aliphatic rings. The van der Waals surface area contributed by atoms with Crippen LogP contribution in [0.2, 0.25) is 0 Å². The van der Waals surface area contributed by atoms with E-state index >= 15 is 0 Å². The summed E-state index contributed by atoms with van der Waals surface area (Å²) in [6, 6.07) is 9.81. The van der Waals surface area contributed by atoms with Gasteiger partial charge in [0.15, 0.2) is 0 Å². The predicted molar refractivity (Wildman–Crippen MR) is 68.8 cm³/mol. The van der Waals surface area contributed by atoms with Gasteiger partial charge in [-0.2, -0.15) is 0 Å². The first kappa shape index (κ1) is 11.4. The Bertz CT molecular complexity index is 521. The van der Waals surface area contributed by atoms with Crippen molar-refractivity contribution in [1.82, 2.24) is 0 Å². The molecule has 0 radical (unpaired) electrons. The Morgan fingerprint density at radius 1 is 1.25 bits per heavy atom. The lowest BCUT2D eigenvalue weighted by Gasteiger charge is -2.09. The van der Waals surface area contributed by atoms with Gasteiger partial charge in [-0.1, -0.05) is 18.2 Å². The normalized spacial score (nSPS) is 12.8. The van der Waals surface area contributed by atoms with Gasteiger partial charge in [0.05, 0.1) is 17.7 Å². The molecule has 0 fully saturated rings. The van der Waals surface area contributed by atoms with Crippen molar-refractivity contribution < 1.29 is 9.84 Å². The van der Waals surface area contributed by atoms with Gasteiger partial charge in [-0.25, -0.2) is 0 Å². The van der Waals surface area contributed by atoms with Crippen LogP contribution in [-0.4, -0.2) is 12.2 Å². The highest BCUT2D eigenvalue weighted by molar-refractivity contribution is 9.10.